The summed E-state index contributed by atoms with van der Waals surface area (Å²) in [5.41, 5.74) is 3.61. The summed E-state index contributed by atoms with van der Waals surface area (Å²) in [6.07, 6.45) is 2.65. The lowest BCUT2D eigenvalue weighted by Gasteiger charge is -2.09. The van der Waals surface area contributed by atoms with Crippen LogP contribution in [-0.2, 0) is 21.2 Å². The first-order valence-electron chi connectivity index (χ1n) is 8.84. The average molecular weight is 375 g/mol. The van der Waals surface area contributed by atoms with Crippen molar-refractivity contribution in [1.82, 2.24) is 0 Å². The summed E-state index contributed by atoms with van der Waals surface area (Å²) in [5, 5.41) is 2.84. The smallest absolute Gasteiger partial charge is 0.232 e. The number of amides is 1. The van der Waals surface area contributed by atoms with E-state index in [1.807, 2.05) is 6.92 Å². The van der Waals surface area contributed by atoms with Gasteiger partial charge in [-0.05, 0) is 56.0 Å². The van der Waals surface area contributed by atoms with Gasteiger partial charge in [-0.3, -0.25) is 9.52 Å². The van der Waals surface area contributed by atoms with E-state index >= 15 is 0 Å². The first-order chi connectivity index (χ1) is 12.4. The molecule has 0 spiro atoms. The molecule has 6 heteroatoms. The fourth-order valence-electron chi connectivity index (χ4n) is 2.55. The van der Waals surface area contributed by atoms with Crippen LogP contribution >= 0.6 is 0 Å². The van der Waals surface area contributed by atoms with Crippen LogP contribution in [0.25, 0.3) is 0 Å². The average Bonchev–Trinajstić information content (AvgIpc) is 2.58. The number of benzene rings is 2. The van der Waals surface area contributed by atoms with Crippen molar-refractivity contribution < 1.29 is 13.2 Å². The lowest BCUT2D eigenvalue weighted by molar-refractivity contribution is -0.116. The van der Waals surface area contributed by atoms with Gasteiger partial charge in [0.25, 0.3) is 0 Å². The molecule has 0 saturated carbocycles. The maximum Gasteiger partial charge on any atom is 0.232 e. The number of carbonyl (C=O) groups is 1. The summed E-state index contributed by atoms with van der Waals surface area (Å²) >= 11 is 0. The molecule has 1 amide bonds. The molecule has 2 aromatic carbocycles. The first-order valence-corrected chi connectivity index (χ1v) is 10.5. The van der Waals surface area contributed by atoms with Gasteiger partial charge in [-0.15, -0.1) is 0 Å². The molecule has 0 heterocycles. The molecule has 26 heavy (non-hydrogen) atoms. The topological polar surface area (TPSA) is 75.3 Å². The van der Waals surface area contributed by atoms with E-state index in [0.717, 1.165) is 12.8 Å². The number of hydrogen-bond donors (Lipinski definition) is 2. The molecule has 5 nitrogen and oxygen atoms in total. The molecule has 0 aliphatic rings. The van der Waals surface area contributed by atoms with Gasteiger partial charge in [-0.25, -0.2) is 8.42 Å². The number of hydrogen-bond acceptors (Lipinski definition) is 3. The van der Waals surface area contributed by atoms with Crippen molar-refractivity contribution in [2.24, 2.45) is 0 Å². The Morgan fingerprint density at radius 3 is 2.19 bits per heavy atom. The van der Waals surface area contributed by atoms with E-state index < -0.39 is 10.0 Å². The Hall–Kier alpha value is -2.34. The molecule has 0 aliphatic carbocycles. The van der Waals surface area contributed by atoms with Gasteiger partial charge >= 0.3 is 0 Å². The van der Waals surface area contributed by atoms with Crippen LogP contribution in [0.2, 0.25) is 0 Å². The number of sulfonamides is 1. The normalized spacial score (nSPS) is 11.2. The van der Waals surface area contributed by atoms with Crippen LogP contribution < -0.4 is 10.0 Å². The number of rotatable bonds is 9. The molecule has 0 unspecified atom stereocenters. The first kappa shape index (κ1) is 20.0. The van der Waals surface area contributed by atoms with Crippen molar-refractivity contribution in [3.05, 3.63) is 59.7 Å². The fourth-order valence-corrected chi connectivity index (χ4v) is 3.69. The van der Waals surface area contributed by atoms with E-state index in [1.165, 1.54) is 11.1 Å². The maximum atomic E-state index is 12.0. The monoisotopic (exact) mass is 374 g/mol. The lowest BCUT2D eigenvalue weighted by Crippen LogP contribution is -2.16. The van der Waals surface area contributed by atoms with Gasteiger partial charge in [0, 0.05) is 17.8 Å². The molecule has 2 rings (SSSR count). The minimum absolute atomic E-state index is 0.0450. The molecule has 0 aromatic heterocycles. The van der Waals surface area contributed by atoms with Crippen LogP contribution in [0.5, 0.6) is 0 Å². The summed E-state index contributed by atoms with van der Waals surface area (Å²) in [7, 11) is -3.30. The fraction of sp³-hybridized carbons (Fsp3) is 0.350. The van der Waals surface area contributed by atoms with E-state index in [-0.39, 0.29) is 11.7 Å². The summed E-state index contributed by atoms with van der Waals surface area (Å²) in [6.45, 7) is 3.87. The van der Waals surface area contributed by atoms with E-state index in [0.29, 0.717) is 24.2 Å². The van der Waals surface area contributed by atoms with Crippen molar-refractivity contribution in [1.29, 1.82) is 0 Å². The molecule has 2 aromatic rings. The van der Waals surface area contributed by atoms with Crippen LogP contribution in [0, 0.1) is 6.92 Å². The van der Waals surface area contributed by atoms with Crippen molar-refractivity contribution in [3.63, 3.8) is 0 Å². The van der Waals surface area contributed by atoms with E-state index in [2.05, 4.69) is 41.2 Å². The Kier molecular flexibility index (Phi) is 7.21. The lowest BCUT2D eigenvalue weighted by atomic mass is 10.1. The Balaban J connectivity index is 1.79. The van der Waals surface area contributed by atoms with Gasteiger partial charge in [0.2, 0.25) is 15.9 Å². The van der Waals surface area contributed by atoms with E-state index in [9.17, 15) is 13.2 Å². The van der Waals surface area contributed by atoms with Crippen molar-refractivity contribution in [3.8, 4) is 0 Å². The molecule has 140 valence electrons. The molecule has 0 aliphatic heterocycles. The van der Waals surface area contributed by atoms with Crippen LogP contribution in [0.4, 0.5) is 11.4 Å². The Morgan fingerprint density at radius 1 is 0.962 bits per heavy atom. The standard InChI is InChI=1S/C20H26N2O3S/c1-3-15-26(24,25)22-19-13-11-18(12-14-19)21-20(23)6-4-5-17-9-7-16(2)8-10-17/h7-14,22H,3-6,15H2,1-2H3,(H,21,23). The molecule has 0 bridgehead atoms. The van der Waals surface area contributed by atoms with Crippen LogP contribution in [0.15, 0.2) is 48.5 Å². The van der Waals surface area contributed by atoms with Gasteiger partial charge in [0.05, 0.1) is 5.75 Å². The summed E-state index contributed by atoms with van der Waals surface area (Å²) < 4.78 is 26.0. The van der Waals surface area contributed by atoms with Crippen molar-refractivity contribution in [2.45, 2.75) is 39.5 Å². The second kappa shape index (κ2) is 9.38. The quantitative estimate of drug-likeness (QED) is 0.694. The molecular formula is C20H26N2O3S. The Bertz CT molecular complexity index is 813. The second-order valence-corrected chi connectivity index (χ2v) is 8.23. The highest BCUT2D eigenvalue weighted by Crippen LogP contribution is 2.16. The zero-order valence-electron chi connectivity index (χ0n) is 15.3. The highest BCUT2D eigenvalue weighted by Gasteiger charge is 2.09. The Morgan fingerprint density at radius 2 is 1.58 bits per heavy atom. The van der Waals surface area contributed by atoms with Crippen LogP contribution in [-0.4, -0.2) is 20.1 Å². The zero-order chi connectivity index (χ0) is 19.0. The second-order valence-electron chi connectivity index (χ2n) is 6.39. The predicted molar refractivity (Wildman–Crippen MR) is 107 cm³/mol. The van der Waals surface area contributed by atoms with Gasteiger partial charge in [-0.2, -0.15) is 0 Å². The van der Waals surface area contributed by atoms with Gasteiger partial charge in [-0.1, -0.05) is 36.8 Å². The Labute approximate surface area is 155 Å². The van der Waals surface area contributed by atoms with Crippen LogP contribution in [0.3, 0.4) is 0 Å². The van der Waals surface area contributed by atoms with Gasteiger partial charge < -0.3 is 5.32 Å². The molecule has 0 saturated heterocycles. The molecule has 0 atom stereocenters. The maximum absolute atomic E-state index is 12.0. The number of aryl methyl sites for hydroxylation is 2. The summed E-state index contributed by atoms with van der Waals surface area (Å²) in [6, 6.07) is 15.0. The summed E-state index contributed by atoms with van der Waals surface area (Å²) in [4.78, 5) is 12.0. The third-order valence-electron chi connectivity index (χ3n) is 3.90. The molecular weight excluding hydrogens is 348 g/mol. The molecule has 0 radical (unpaired) electrons. The summed E-state index contributed by atoms with van der Waals surface area (Å²) in [5.74, 6) is 0.0448. The highest BCUT2D eigenvalue weighted by molar-refractivity contribution is 7.92. The molecule has 0 fully saturated rings. The number of carbonyl (C=O) groups excluding carboxylic acids is 1. The number of nitrogens with one attached hydrogen (secondary N) is 2. The SMILES string of the molecule is CCCS(=O)(=O)Nc1ccc(NC(=O)CCCc2ccc(C)cc2)cc1. The number of anilines is 2. The van der Waals surface area contributed by atoms with Gasteiger partial charge in [0.1, 0.15) is 0 Å². The highest BCUT2D eigenvalue weighted by atomic mass is 32.2. The van der Waals surface area contributed by atoms with Crippen molar-refractivity contribution in [2.75, 3.05) is 15.8 Å². The third-order valence-corrected chi connectivity index (χ3v) is 5.40. The zero-order valence-corrected chi connectivity index (χ0v) is 16.1. The minimum Gasteiger partial charge on any atom is -0.326 e. The predicted octanol–water partition coefficient (Wildman–Crippen LogP) is 4.11. The minimum atomic E-state index is -3.30. The third kappa shape index (κ3) is 6.88. The largest absolute Gasteiger partial charge is 0.326 e. The van der Waals surface area contributed by atoms with E-state index in [1.54, 1.807) is 24.3 Å². The van der Waals surface area contributed by atoms with E-state index in [4.69, 9.17) is 0 Å². The van der Waals surface area contributed by atoms with Crippen molar-refractivity contribution >= 4 is 27.3 Å². The molecule has 2 N–H and O–H groups in total. The van der Waals surface area contributed by atoms with Crippen LogP contribution in [0.1, 0.15) is 37.3 Å². The van der Waals surface area contributed by atoms with Gasteiger partial charge in [0.15, 0.2) is 0 Å².